The smallest absolute Gasteiger partial charge is 0.144 e. The summed E-state index contributed by atoms with van der Waals surface area (Å²) in [6.45, 7) is 0.527. The summed E-state index contributed by atoms with van der Waals surface area (Å²) >= 11 is 0. The Morgan fingerprint density at radius 1 is 0.444 bits per heavy atom. The second-order valence-electron chi connectivity index (χ2n) is 6.55. The molecule has 0 amide bonds. The van der Waals surface area contributed by atoms with E-state index in [2.05, 4.69) is 84.9 Å². The fraction of sp³-hybridized carbons (Fsp3) is 0.0769. The molecule has 0 fully saturated rings. The SMILES string of the molecule is c1ccc(COC(c2ccccc2)(c2ccccc2)c2ccccc2)cc1. The largest absolute Gasteiger partial charge is 0.356 e. The summed E-state index contributed by atoms with van der Waals surface area (Å²) in [4.78, 5) is 0. The number of hydrogen-bond donors (Lipinski definition) is 0. The Bertz CT molecular complexity index is 851. The lowest BCUT2D eigenvalue weighted by Crippen LogP contribution is -2.32. The van der Waals surface area contributed by atoms with Crippen molar-refractivity contribution in [3.8, 4) is 0 Å². The molecule has 0 atom stereocenters. The molecule has 1 nitrogen and oxygen atoms in total. The van der Waals surface area contributed by atoms with Crippen LogP contribution in [0, 0.1) is 0 Å². The fourth-order valence-electron chi connectivity index (χ4n) is 3.53. The van der Waals surface area contributed by atoms with Crippen LogP contribution in [-0.4, -0.2) is 0 Å². The predicted molar refractivity (Wildman–Crippen MR) is 110 cm³/mol. The molecule has 0 heterocycles. The molecule has 4 rings (SSSR count). The van der Waals surface area contributed by atoms with Crippen molar-refractivity contribution in [2.75, 3.05) is 0 Å². The summed E-state index contributed by atoms with van der Waals surface area (Å²) in [6, 6.07) is 41.8. The van der Waals surface area contributed by atoms with Crippen molar-refractivity contribution in [1.29, 1.82) is 0 Å². The molecule has 0 N–H and O–H groups in total. The van der Waals surface area contributed by atoms with Crippen molar-refractivity contribution in [2.24, 2.45) is 0 Å². The highest BCUT2D eigenvalue weighted by Crippen LogP contribution is 2.41. The Labute approximate surface area is 160 Å². The van der Waals surface area contributed by atoms with E-state index in [9.17, 15) is 0 Å². The van der Waals surface area contributed by atoms with Crippen molar-refractivity contribution in [1.82, 2.24) is 0 Å². The Hall–Kier alpha value is -3.16. The average molecular weight is 350 g/mol. The summed E-state index contributed by atoms with van der Waals surface area (Å²) in [5.74, 6) is 0. The van der Waals surface area contributed by atoms with Gasteiger partial charge in [-0.2, -0.15) is 0 Å². The van der Waals surface area contributed by atoms with E-state index in [-0.39, 0.29) is 0 Å². The van der Waals surface area contributed by atoms with Crippen LogP contribution in [0.5, 0.6) is 0 Å². The molecule has 0 radical (unpaired) electrons. The molecular formula is C26H22O. The van der Waals surface area contributed by atoms with Crippen LogP contribution >= 0.6 is 0 Å². The van der Waals surface area contributed by atoms with E-state index in [0.717, 1.165) is 22.3 Å². The summed E-state index contributed by atoms with van der Waals surface area (Å²) in [7, 11) is 0. The normalized spacial score (nSPS) is 11.3. The van der Waals surface area contributed by atoms with Crippen molar-refractivity contribution in [3.63, 3.8) is 0 Å². The van der Waals surface area contributed by atoms with Gasteiger partial charge in [0.25, 0.3) is 0 Å². The van der Waals surface area contributed by atoms with Gasteiger partial charge in [0.2, 0.25) is 0 Å². The molecular weight excluding hydrogens is 328 g/mol. The first-order valence-corrected chi connectivity index (χ1v) is 9.24. The molecule has 132 valence electrons. The van der Waals surface area contributed by atoms with Crippen LogP contribution in [0.1, 0.15) is 22.3 Å². The third-order valence-corrected chi connectivity index (χ3v) is 4.84. The lowest BCUT2D eigenvalue weighted by Gasteiger charge is -2.36. The minimum absolute atomic E-state index is 0.527. The zero-order valence-electron chi connectivity index (χ0n) is 15.2. The third kappa shape index (κ3) is 3.55. The number of ether oxygens (including phenoxy) is 1. The van der Waals surface area contributed by atoms with E-state index >= 15 is 0 Å². The van der Waals surface area contributed by atoms with E-state index < -0.39 is 5.60 Å². The second kappa shape index (κ2) is 8.03. The Kier molecular flexibility index (Phi) is 5.13. The van der Waals surface area contributed by atoms with Crippen LogP contribution in [0.15, 0.2) is 121 Å². The van der Waals surface area contributed by atoms with Gasteiger partial charge in [-0.1, -0.05) is 121 Å². The minimum Gasteiger partial charge on any atom is -0.356 e. The maximum Gasteiger partial charge on any atom is 0.144 e. The predicted octanol–water partition coefficient (Wildman–Crippen LogP) is 6.20. The van der Waals surface area contributed by atoms with Crippen LogP contribution in [-0.2, 0) is 16.9 Å². The van der Waals surface area contributed by atoms with E-state index in [1.54, 1.807) is 0 Å². The average Bonchev–Trinajstić information content (AvgIpc) is 2.77. The van der Waals surface area contributed by atoms with Gasteiger partial charge in [-0.25, -0.2) is 0 Å². The van der Waals surface area contributed by atoms with Crippen molar-refractivity contribution in [3.05, 3.63) is 144 Å². The maximum absolute atomic E-state index is 6.77. The Morgan fingerprint density at radius 3 is 1.15 bits per heavy atom. The van der Waals surface area contributed by atoms with E-state index in [1.807, 2.05) is 36.4 Å². The quantitative estimate of drug-likeness (QED) is 0.376. The standard InChI is InChI=1S/C26H22O/c1-5-13-22(14-6-1)21-27-26(23-15-7-2-8-16-23,24-17-9-3-10-18-24)25-19-11-4-12-20-25/h1-20H,21H2. The lowest BCUT2D eigenvalue weighted by molar-refractivity contribution is 0.000244. The molecule has 0 bridgehead atoms. The van der Waals surface area contributed by atoms with Gasteiger partial charge in [-0.15, -0.1) is 0 Å². The summed E-state index contributed by atoms with van der Waals surface area (Å²) in [6.07, 6.45) is 0. The molecule has 4 aromatic carbocycles. The molecule has 4 aromatic rings. The molecule has 27 heavy (non-hydrogen) atoms. The highest BCUT2D eigenvalue weighted by atomic mass is 16.5. The lowest BCUT2D eigenvalue weighted by atomic mass is 9.80. The molecule has 0 aliphatic heterocycles. The maximum atomic E-state index is 6.77. The summed E-state index contributed by atoms with van der Waals surface area (Å²) in [5, 5.41) is 0. The fourth-order valence-corrected chi connectivity index (χ4v) is 3.53. The first-order chi connectivity index (χ1) is 13.4. The van der Waals surface area contributed by atoms with Gasteiger partial charge in [0, 0.05) is 0 Å². The van der Waals surface area contributed by atoms with Crippen LogP contribution < -0.4 is 0 Å². The van der Waals surface area contributed by atoms with Gasteiger partial charge in [0.15, 0.2) is 0 Å². The van der Waals surface area contributed by atoms with Gasteiger partial charge in [-0.3, -0.25) is 0 Å². The van der Waals surface area contributed by atoms with Gasteiger partial charge in [0.1, 0.15) is 5.60 Å². The van der Waals surface area contributed by atoms with Crippen molar-refractivity contribution >= 4 is 0 Å². The van der Waals surface area contributed by atoms with Gasteiger partial charge < -0.3 is 4.74 Å². The van der Waals surface area contributed by atoms with E-state index in [0.29, 0.717) is 6.61 Å². The number of rotatable bonds is 6. The molecule has 0 saturated carbocycles. The second-order valence-corrected chi connectivity index (χ2v) is 6.55. The summed E-state index contributed by atoms with van der Waals surface area (Å²) in [5.41, 5.74) is 3.86. The highest BCUT2D eigenvalue weighted by molar-refractivity contribution is 5.47. The van der Waals surface area contributed by atoms with E-state index in [1.165, 1.54) is 0 Å². The van der Waals surface area contributed by atoms with Gasteiger partial charge in [0.05, 0.1) is 6.61 Å². The van der Waals surface area contributed by atoms with Crippen molar-refractivity contribution < 1.29 is 4.74 Å². The van der Waals surface area contributed by atoms with Crippen LogP contribution in [0.3, 0.4) is 0 Å². The zero-order valence-corrected chi connectivity index (χ0v) is 15.2. The zero-order chi connectivity index (χ0) is 18.4. The number of hydrogen-bond acceptors (Lipinski definition) is 1. The van der Waals surface area contributed by atoms with Crippen LogP contribution in [0.25, 0.3) is 0 Å². The van der Waals surface area contributed by atoms with Gasteiger partial charge in [-0.05, 0) is 22.3 Å². The third-order valence-electron chi connectivity index (χ3n) is 4.84. The minimum atomic E-state index is -0.667. The van der Waals surface area contributed by atoms with Crippen molar-refractivity contribution in [2.45, 2.75) is 12.2 Å². The number of benzene rings is 4. The molecule has 0 spiro atoms. The molecule has 0 saturated heterocycles. The summed E-state index contributed by atoms with van der Waals surface area (Å²) < 4.78 is 6.77. The molecule has 0 unspecified atom stereocenters. The molecule has 0 aromatic heterocycles. The molecule has 0 aliphatic rings. The first-order valence-electron chi connectivity index (χ1n) is 9.24. The van der Waals surface area contributed by atoms with Gasteiger partial charge >= 0.3 is 0 Å². The first kappa shape index (κ1) is 17.3. The monoisotopic (exact) mass is 350 g/mol. The van der Waals surface area contributed by atoms with Crippen LogP contribution in [0.2, 0.25) is 0 Å². The van der Waals surface area contributed by atoms with E-state index in [4.69, 9.17) is 4.74 Å². The topological polar surface area (TPSA) is 9.23 Å². The molecule has 0 aliphatic carbocycles. The van der Waals surface area contributed by atoms with Crippen LogP contribution in [0.4, 0.5) is 0 Å². The highest BCUT2D eigenvalue weighted by Gasteiger charge is 2.37. The molecule has 1 heteroatoms. The Morgan fingerprint density at radius 2 is 0.778 bits per heavy atom. The Balaban J connectivity index is 1.89.